The summed E-state index contributed by atoms with van der Waals surface area (Å²) in [5.41, 5.74) is 2.91. The van der Waals surface area contributed by atoms with E-state index in [0.717, 1.165) is 10.9 Å². The van der Waals surface area contributed by atoms with Crippen LogP contribution in [0.25, 0.3) is 11.0 Å². The molecule has 2 aliphatic heterocycles. The fraction of sp³-hybridized carbons (Fsp3) is 0.360. The number of carbonyl (C=O) groups excluding carboxylic acids is 2. The first-order valence-corrected chi connectivity index (χ1v) is 10.8. The molecular weight excluding hydrogens is 426 g/mol. The summed E-state index contributed by atoms with van der Waals surface area (Å²) in [5.74, 6) is -0.0357. The zero-order chi connectivity index (χ0) is 23.3. The first-order valence-electron chi connectivity index (χ1n) is 10.8. The van der Waals surface area contributed by atoms with E-state index < -0.39 is 11.9 Å². The second kappa shape index (κ2) is 7.90. The zero-order valence-electron chi connectivity index (χ0n) is 18.9. The fourth-order valence-corrected chi connectivity index (χ4v) is 4.33. The molecule has 1 atom stereocenters. The van der Waals surface area contributed by atoms with Crippen molar-refractivity contribution in [3.8, 4) is 11.5 Å². The lowest BCUT2D eigenvalue weighted by atomic mass is 9.93. The van der Waals surface area contributed by atoms with Crippen molar-refractivity contribution in [3.63, 3.8) is 0 Å². The normalized spacial score (nSPS) is 19.2. The van der Waals surface area contributed by atoms with E-state index in [9.17, 15) is 9.59 Å². The van der Waals surface area contributed by atoms with Crippen molar-refractivity contribution < 1.29 is 33.0 Å². The highest BCUT2D eigenvalue weighted by atomic mass is 16.7. The van der Waals surface area contributed by atoms with Gasteiger partial charge in [-0.3, -0.25) is 9.59 Å². The molecule has 0 spiro atoms. The van der Waals surface area contributed by atoms with Gasteiger partial charge in [-0.15, -0.1) is 0 Å². The van der Waals surface area contributed by atoms with Crippen LogP contribution in [0.1, 0.15) is 41.1 Å². The first kappa shape index (κ1) is 21.5. The second-order valence-electron chi connectivity index (χ2n) is 8.51. The van der Waals surface area contributed by atoms with Crippen LogP contribution in [0.5, 0.6) is 11.5 Å². The van der Waals surface area contributed by atoms with Gasteiger partial charge in [0.15, 0.2) is 17.7 Å². The van der Waals surface area contributed by atoms with Crippen molar-refractivity contribution in [2.75, 3.05) is 25.6 Å². The molecule has 8 nitrogen and oxygen atoms in total. The Labute approximate surface area is 190 Å². The van der Waals surface area contributed by atoms with E-state index in [2.05, 4.69) is 5.32 Å². The molecule has 3 aromatic rings. The topological polar surface area (TPSA) is 96.2 Å². The van der Waals surface area contributed by atoms with Crippen LogP contribution in [0.3, 0.4) is 0 Å². The Morgan fingerprint density at radius 2 is 1.97 bits per heavy atom. The lowest BCUT2D eigenvalue weighted by Crippen LogP contribution is -2.35. The number of hydrogen-bond donors (Lipinski definition) is 1. The molecule has 1 amide bonds. The number of amides is 1. The maximum Gasteiger partial charge on any atom is 0.265 e. The number of benzene rings is 2. The molecule has 8 heteroatoms. The minimum atomic E-state index is -0.869. The highest BCUT2D eigenvalue weighted by molar-refractivity contribution is 6.12. The monoisotopic (exact) mass is 451 g/mol. The largest absolute Gasteiger partial charge is 0.497 e. The third-order valence-corrected chi connectivity index (χ3v) is 6.14. The molecule has 2 aromatic carbocycles. The van der Waals surface area contributed by atoms with Crippen LogP contribution in [0.4, 0.5) is 5.69 Å². The quantitative estimate of drug-likeness (QED) is 0.586. The molecule has 3 heterocycles. The number of anilines is 1. The Balaban J connectivity index is 1.62. The lowest BCUT2D eigenvalue weighted by Gasteiger charge is -2.27. The van der Waals surface area contributed by atoms with Crippen molar-refractivity contribution in [2.24, 2.45) is 0 Å². The minimum Gasteiger partial charge on any atom is -0.497 e. The number of ketones is 1. The molecule has 0 saturated carbocycles. The molecule has 1 aromatic heterocycles. The molecule has 0 radical (unpaired) electrons. The van der Waals surface area contributed by atoms with Crippen molar-refractivity contribution >= 4 is 28.3 Å². The van der Waals surface area contributed by atoms with Gasteiger partial charge in [0, 0.05) is 22.9 Å². The summed E-state index contributed by atoms with van der Waals surface area (Å²) in [6.45, 7) is 6.30. The summed E-state index contributed by atoms with van der Waals surface area (Å²) in [7, 11) is 1.59. The zero-order valence-corrected chi connectivity index (χ0v) is 18.9. The summed E-state index contributed by atoms with van der Waals surface area (Å²) in [6, 6.07) is 8.84. The molecule has 172 valence electrons. The molecule has 1 N–H and O–H groups in total. The van der Waals surface area contributed by atoms with Gasteiger partial charge in [-0.1, -0.05) is 0 Å². The summed E-state index contributed by atoms with van der Waals surface area (Å²) in [4.78, 5) is 25.9. The number of carbonyl (C=O) groups is 2. The summed E-state index contributed by atoms with van der Waals surface area (Å²) < 4.78 is 28.6. The Morgan fingerprint density at radius 3 is 2.70 bits per heavy atom. The van der Waals surface area contributed by atoms with Gasteiger partial charge in [0.1, 0.15) is 17.1 Å². The molecule has 1 unspecified atom stereocenters. The van der Waals surface area contributed by atoms with Crippen LogP contribution >= 0.6 is 0 Å². The highest BCUT2D eigenvalue weighted by Gasteiger charge is 2.35. The maximum absolute atomic E-state index is 13.8. The van der Waals surface area contributed by atoms with Crippen LogP contribution in [-0.2, 0) is 20.7 Å². The molecule has 1 fully saturated rings. The Hall–Kier alpha value is -3.36. The maximum atomic E-state index is 13.8. The van der Waals surface area contributed by atoms with Crippen LogP contribution in [0.15, 0.2) is 34.7 Å². The number of furan rings is 1. The van der Waals surface area contributed by atoms with E-state index in [-0.39, 0.29) is 17.5 Å². The average molecular weight is 451 g/mol. The van der Waals surface area contributed by atoms with Gasteiger partial charge in [-0.05, 0) is 56.7 Å². The van der Waals surface area contributed by atoms with Gasteiger partial charge in [0.05, 0.1) is 26.0 Å². The van der Waals surface area contributed by atoms with Crippen LogP contribution in [0.2, 0.25) is 0 Å². The number of methoxy groups -OCH3 is 1. The third kappa shape index (κ3) is 3.75. The van der Waals surface area contributed by atoms with E-state index >= 15 is 0 Å². The Morgan fingerprint density at radius 1 is 1.21 bits per heavy atom. The second-order valence-corrected chi connectivity index (χ2v) is 8.51. The molecule has 0 aliphatic carbocycles. The number of aryl methyl sites for hydroxylation is 1. The lowest BCUT2D eigenvalue weighted by molar-refractivity contribution is -0.140. The van der Waals surface area contributed by atoms with Gasteiger partial charge >= 0.3 is 0 Å². The smallest absolute Gasteiger partial charge is 0.265 e. The highest BCUT2D eigenvalue weighted by Crippen LogP contribution is 2.38. The third-order valence-electron chi connectivity index (χ3n) is 6.14. The van der Waals surface area contributed by atoms with Crippen LogP contribution < -0.4 is 14.8 Å². The Kier molecular flexibility index (Phi) is 5.14. The van der Waals surface area contributed by atoms with Gasteiger partial charge < -0.3 is 28.7 Å². The van der Waals surface area contributed by atoms with Crippen molar-refractivity contribution in [1.29, 1.82) is 0 Å². The summed E-state index contributed by atoms with van der Waals surface area (Å²) in [6.07, 6.45) is -0.342. The number of hydrogen-bond acceptors (Lipinski definition) is 7. The summed E-state index contributed by atoms with van der Waals surface area (Å²) >= 11 is 0. The predicted molar refractivity (Wildman–Crippen MR) is 120 cm³/mol. The number of ether oxygens (including phenoxy) is 4. The van der Waals surface area contributed by atoms with Crippen molar-refractivity contribution in [1.82, 2.24) is 0 Å². The van der Waals surface area contributed by atoms with Gasteiger partial charge in [-0.2, -0.15) is 0 Å². The first-order chi connectivity index (χ1) is 15.8. The standard InChI is InChI=1S/C25H25NO7/c1-13-17-10-16(29-4)5-6-20(17)33-23(13)22(27)18-11-21-19(26-24(28)14(2)32-21)9-15(18)12-25(3)30-7-8-31-25/h5-6,9-11,14H,7-8,12H2,1-4H3,(H,26,28). The minimum absolute atomic E-state index is 0.241. The van der Waals surface area contributed by atoms with Gasteiger partial charge in [0.2, 0.25) is 5.78 Å². The molecule has 33 heavy (non-hydrogen) atoms. The molecular formula is C25H25NO7. The van der Waals surface area contributed by atoms with E-state index in [4.69, 9.17) is 23.4 Å². The van der Waals surface area contributed by atoms with Crippen LogP contribution in [0, 0.1) is 6.92 Å². The van der Waals surface area contributed by atoms with E-state index in [1.807, 2.05) is 19.9 Å². The predicted octanol–water partition coefficient (Wildman–Crippen LogP) is 4.01. The van der Waals surface area contributed by atoms with E-state index in [1.54, 1.807) is 38.3 Å². The molecule has 0 bridgehead atoms. The number of rotatable bonds is 5. The van der Waals surface area contributed by atoms with Crippen molar-refractivity contribution in [3.05, 3.63) is 52.8 Å². The van der Waals surface area contributed by atoms with E-state index in [1.165, 1.54) is 0 Å². The van der Waals surface area contributed by atoms with Crippen molar-refractivity contribution in [2.45, 2.75) is 39.1 Å². The number of fused-ring (bicyclic) bond motifs is 2. The van der Waals surface area contributed by atoms with Gasteiger partial charge in [-0.25, -0.2) is 0 Å². The van der Waals surface area contributed by atoms with Crippen LogP contribution in [-0.4, -0.2) is 43.9 Å². The number of nitrogens with one attached hydrogen (secondary N) is 1. The average Bonchev–Trinajstić information content (AvgIpc) is 3.37. The SMILES string of the molecule is COc1ccc2oc(C(=O)c3cc4c(cc3CC3(C)OCCO3)NC(=O)C(C)O4)c(C)c2c1. The molecule has 5 rings (SSSR count). The molecule has 1 saturated heterocycles. The fourth-order valence-electron chi connectivity index (χ4n) is 4.33. The summed E-state index contributed by atoms with van der Waals surface area (Å²) in [5, 5.41) is 3.65. The Bertz CT molecular complexity index is 1270. The molecule has 2 aliphatic rings. The van der Waals surface area contributed by atoms with Gasteiger partial charge in [0.25, 0.3) is 5.91 Å². The van der Waals surface area contributed by atoms with E-state index in [0.29, 0.717) is 53.5 Å².